The normalized spacial score (nSPS) is 11.1. The van der Waals surface area contributed by atoms with Gasteiger partial charge in [-0.2, -0.15) is 0 Å². The molecule has 5 heteroatoms. The zero-order valence-electron chi connectivity index (χ0n) is 7.96. The Morgan fingerprint density at radius 2 is 2.14 bits per heavy atom. The molecule has 1 N–H and O–H groups in total. The molecule has 4 nitrogen and oxygen atoms in total. The van der Waals surface area contributed by atoms with E-state index in [-0.39, 0.29) is 12.5 Å². The van der Waals surface area contributed by atoms with Gasteiger partial charge in [0, 0.05) is 5.57 Å². The first kappa shape index (κ1) is 13.0. The van der Waals surface area contributed by atoms with Gasteiger partial charge in [0.15, 0.2) is 0 Å². The van der Waals surface area contributed by atoms with Gasteiger partial charge in [-0.25, -0.2) is 4.79 Å². The van der Waals surface area contributed by atoms with Crippen LogP contribution in [0.5, 0.6) is 0 Å². The largest absolute Gasteiger partial charge is 0.478 e. The number of hydrogen-bond donors (Lipinski definition) is 1. The van der Waals surface area contributed by atoms with E-state index in [1.165, 1.54) is 6.92 Å². The van der Waals surface area contributed by atoms with E-state index in [4.69, 9.17) is 16.7 Å². The van der Waals surface area contributed by atoms with E-state index in [0.29, 0.717) is 18.4 Å². The van der Waals surface area contributed by atoms with Crippen molar-refractivity contribution in [3.8, 4) is 0 Å². The SMILES string of the molecule is CC(=CCCCOC(=O)CCl)C(=O)O. The number of carbonyl (C=O) groups excluding carboxylic acids is 1. The van der Waals surface area contributed by atoms with E-state index < -0.39 is 11.9 Å². The monoisotopic (exact) mass is 220 g/mol. The molecule has 0 rings (SSSR count). The van der Waals surface area contributed by atoms with Gasteiger partial charge >= 0.3 is 11.9 Å². The van der Waals surface area contributed by atoms with Gasteiger partial charge in [0.05, 0.1) is 6.61 Å². The smallest absolute Gasteiger partial charge is 0.330 e. The van der Waals surface area contributed by atoms with Crippen LogP contribution in [-0.4, -0.2) is 29.5 Å². The molecule has 0 unspecified atom stereocenters. The summed E-state index contributed by atoms with van der Waals surface area (Å²) in [6.45, 7) is 1.79. The minimum absolute atomic E-state index is 0.149. The molecule has 0 aliphatic heterocycles. The van der Waals surface area contributed by atoms with Crippen LogP contribution in [0.2, 0.25) is 0 Å². The number of unbranched alkanes of at least 4 members (excludes halogenated alkanes) is 1. The first-order valence-electron chi connectivity index (χ1n) is 4.19. The maximum Gasteiger partial charge on any atom is 0.330 e. The number of allylic oxidation sites excluding steroid dienone is 1. The molecular formula is C9H13ClO4. The first-order valence-corrected chi connectivity index (χ1v) is 4.73. The average Bonchev–Trinajstić information content (AvgIpc) is 2.16. The lowest BCUT2D eigenvalue weighted by Gasteiger charge is -2.00. The van der Waals surface area contributed by atoms with Crippen LogP contribution in [-0.2, 0) is 14.3 Å². The van der Waals surface area contributed by atoms with Gasteiger partial charge in [0.25, 0.3) is 0 Å². The Hall–Kier alpha value is -1.03. The highest BCUT2D eigenvalue weighted by molar-refractivity contribution is 6.26. The summed E-state index contributed by atoms with van der Waals surface area (Å²) in [5, 5.41) is 8.49. The number of carboxylic acid groups (broad SMARTS) is 1. The maximum absolute atomic E-state index is 10.6. The fourth-order valence-corrected chi connectivity index (χ4v) is 0.791. The number of ether oxygens (including phenoxy) is 1. The minimum Gasteiger partial charge on any atom is -0.478 e. The summed E-state index contributed by atoms with van der Waals surface area (Å²) < 4.78 is 4.69. The van der Waals surface area contributed by atoms with E-state index in [0.717, 1.165) is 0 Å². The number of halogens is 1. The van der Waals surface area contributed by atoms with Crippen LogP contribution in [0.15, 0.2) is 11.6 Å². The highest BCUT2D eigenvalue weighted by Gasteiger charge is 2.00. The molecule has 0 fully saturated rings. The Balaban J connectivity index is 3.51. The van der Waals surface area contributed by atoms with Crippen molar-refractivity contribution in [1.29, 1.82) is 0 Å². The van der Waals surface area contributed by atoms with E-state index >= 15 is 0 Å². The number of aliphatic carboxylic acids is 1. The van der Waals surface area contributed by atoms with Crippen molar-refractivity contribution in [3.63, 3.8) is 0 Å². The molecular weight excluding hydrogens is 208 g/mol. The molecule has 0 aliphatic carbocycles. The zero-order valence-corrected chi connectivity index (χ0v) is 8.71. The molecule has 14 heavy (non-hydrogen) atoms. The van der Waals surface area contributed by atoms with E-state index in [2.05, 4.69) is 4.74 Å². The molecule has 0 atom stereocenters. The molecule has 0 aromatic heterocycles. The summed E-state index contributed by atoms with van der Waals surface area (Å²) >= 11 is 5.19. The number of carboxylic acids is 1. The Morgan fingerprint density at radius 3 is 2.64 bits per heavy atom. The van der Waals surface area contributed by atoms with Gasteiger partial charge in [-0.05, 0) is 19.8 Å². The van der Waals surface area contributed by atoms with Crippen molar-refractivity contribution in [2.45, 2.75) is 19.8 Å². The summed E-state index contributed by atoms with van der Waals surface area (Å²) in [6.07, 6.45) is 2.78. The molecule has 0 saturated heterocycles. The summed E-state index contributed by atoms with van der Waals surface area (Å²) in [4.78, 5) is 20.9. The lowest BCUT2D eigenvalue weighted by molar-refractivity contribution is -0.140. The highest BCUT2D eigenvalue weighted by Crippen LogP contribution is 1.99. The summed E-state index contributed by atoms with van der Waals surface area (Å²) in [5.41, 5.74) is 0.300. The van der Waals surface area contributed by atoms with Crippen molar-refractivity contribution < 1.29 is 19.4 Å². The molecule has 0 heterocycles. The Bertz CT molecular complexity index is 235. The van der Waals surface area contributed by atoms with Crippen molar-refractivity contribution in [1.82, 2.24) is 0 Å². The third kappa shape index (κ3) is 6.48. The molecule has 0 aliphatic rings. The van der Waals surface area contributed by atoms with Crippen LogP contribution in [0.4, 0.5) is 0 Å². The predicted molar refractivity (Wildman–Crippen MR) is 52.3 cm³/mol. The second kappa shape index (κ2) is 7.38. The third-order valence-electron chi connectivity index (χ3n) is 1.51. The van der Waals surface area contributed by atoms with Gasteiger partial charge in [-0.3, -0.25) is 4.79 Å². The molecule has 0 spiro atoms. The fraction of sp³-hybridized carbons (Fsp3) is 0.556. The van der Waals surface area contributed by atoms with Crippen LogP contribution >= 0.6 is 11.6 Å². The number of esters is 1. The van der Waals surface area contributed by atoms with Gasteiger partial charge in [0.1, 0.15) is 5.88 Å². The highest BCUT2D eigenvalue weighted by atomic mass is 35.5. The number of rotatable bonds is 6. The summed E-state index contributed by atoms with van der Waals surface area (Å²) in [5.74, 6) is -1.53. The zero-order chi connectivity index (χ0) is 11.0. The Labute approximate surface area is 87.5 Å². The molecule has 0 amide bonds. The maximum atomic E-state index is 10.6. The van der Waals surface area contributed by atoms with Crippen molar-refractivity contribution in [2.24, 2.45) is 0 Å². The molecule has 0 radical (unpaired) electrons. The van der Waals surface area contributed by atoms with Crippen molar-refractivity contribution in [3.05, 3.63) is 11.6 Å². The third-order valence-corrected chi connectivity index (χ3v) is 1.73. The van der Waals surface area contributed by atoms with Crippen LogP contribution in [0, 0.1) is 0 Å². The van der Waals surface area contributed by atoms with Gasteiger partial charge in [-0.15, -0.1) is 11.6 Å². The minimum atomic E-state index is -0.928. The van der Waals surface area contributed by atoms with Crippen LogP contribution in [0.1, 0.15) is 19.8 Å². The predicted octanol–water partition coefficient (Wildman–Crippen LogP) is 1.58. The molecule has 80 valence electrons. The summed E-state index contributed by atoms with van der Waals surface area (Å²) in [6, 6.07) is 0. The Kier molecular flexibility index (Phi) is 6.84. The Morgan fingerprint density at radius 1 is 1.50 bits per heavy atom. The standard InChI is InChI=1S/C9H13ClO4/c1-7(9(12)13)4-2-3-5-14-8(11)6-10/h4H,2-3,5-6H2,1H3,(H,12,13). The summed E-state index contributed by atoms with van der Waals surface area (Å²) in [7, 11) is 0. The fourth-order valence-electron chi connectivity index (χ4n) is 0.714. The average molecular weight is 221 g/mol. The quantitative estimate of drug-likeness (QED) is 0.320. The molecule has 0 bridgehead atoms. The lowest BCUT2D eigenvalue weighted by atomic mass is 10.2. The van der Waals surface area contributed by atoms with Gasteiger partial charge in [0.2, 0.25) is 0 Å². The van der Waals surface area contributed by atoms with E-state index in [1.54, 1.807) is 6.08 Å². The van der Waals surface area contributed by atoms with Crippen LogP contribution < -0.4 is 0 Å². The van der Waals surface area contributed by atoms with Gasteiger partial charge < -0.3 is 9.84 Å². The topological polar surface area (TPSA) is 63.6 Å². The van der Waals surface area contributed by atoms with Crippen LogP contribution in [0.25, 0.3) is 0 Å². The molecule has 0 aromatic rings. The second-order valence-corrected chi connectivity index (χ2v) is 2.96. The number of carbonyl (C=O) groups is 2. The molecule has 0 saturated carbocycles. The van der Waals surface area contributed by atoms with Crippen molar-refractivity contribution >= 4 is 23.5 Å². The van der Waals surface area contributed by atoms with Crippen LogP contribution in [0.3, 0.4) is 0 Å². The second-order valence-electron chi connectivity index (χ2n) is 2.69. The lowest BCUT2D eigenvalue weighted by Crippen LogP contribution is -2.06. The first-order chi connectivity index (χ1) is 6.57. The number of hydrogen-bond acceptors (Lipinski definition) is 3. The van der Waals surface area contributed by atoms with Gasteiger partial charge in [-0.1, -0.05) is 6.08 Å². The molecule has 0 aromatic carbocycles. The number of alkyl halides is 1. The van der Waals surface area contributed by atoms with E-state index in [1.807, 2.05) is 0 Å². The van der Waals surface area contributed by atoms with Crippen molar-refractivity contribution in [2.75, 3.05) is 12.5 Å². The van der Waals surface area contributed by atoms with E-state index in [9.17, 15) is 9.59 Å².